The van der Waals surface area contributed by atoms with Crippen LogP contribution in [-0.4, -0.2) is 39.2 Å². The van der Waals surface area contributed by atoms with E-state index in [1.54, 1.807) is 12.3 Å². The molecule has 1 saturated heterocycles. The number of benzene rings is 1. The number of likely N-dealkylation sites (tertiary alicyclic amines) is 1. The molecule has 3 aromatic rings. The molecule has 0 bridgehead atoms. The summed E-state index contributed by atoms with van der Waals surface area (Å²) in [7, 11) is 0. The lowest BCUT2D eigenvalue weighted by molar-refractivity contribution is 0.194. The van der Waals surface area contributed by atoms with Crippen molar-refractivity contribution >= 4 is 11.8 Å². The molecule has 0 aliphatic carbocycles. The van der Waals surface area contributed by atoms with E-state index in [0.29, 0.717) is 30.4 Å². The second-order valence-corrected chi connectivity index (χ2v) is 6.81. The molecule has 2 N–H and O–H groups in total. The molecular formula is C21H20N6O. The maximum absolute atomic E-state index is 12.5. The number of hydrogen-bond donors (Lipinski definition) is 2. The Morgan fingerprint density at radius 3 is 2.64 bits per heavy atom. The standard InChI is InChI=1S/C21H20N6O/c22-14-15-4-6-16(7-5-15)17-8-11-27(12-9-17)21(28)24-20-13-19(25-26-20)18-3-1-2-10-23-18/h1-7,10,13,17H,8-9,11-12H2,(H2,24,25,26,28). The molecule has 1 aliphatic heterocycles. The fraction of sp³-hybridized carbons (Fsp3) is 0.238. The maximum Gasteiger partial charge on any atom is 0.323 e. The zero-order chi connectivity index (χ0) is 19.3. The van der Waals surface area contributed by atoms with Crippen molar-refractivity contribution in [2.24, 2.45) is 0 Å². The number of amides is 2. The molecule has 140 valence electrons. The Hall–Kier alpha value is -3.66. The molecule has 4 rings (SSSR count). The van der Waals surface area contributed by atoms with Crippen molar-refractivity contribution in [3.63, 3.8) is 0 Å². The van der Waals surface area contributed by atoms with E-state index < -0.39 is 0 Å². The Labute approximate surface area is 163 Å². The summed E-state index contributed by atoms with van der Waals surface area (Å²) in [5, 5.41) is 18.8. The number of urea groups is 1. The maximum atomic E-state index is 12.5. The van der Waals surface area contributed by atoms with Crippen molar-refractivity contribution in [1.82, 2.24) is 20.1 Å². The predicted octanol–water partition coefficient (Wildman–Crippen LogP) is 3.75. The first-order valence-electron chi connectivity index (χ1n) is 9.26. The highest BCUT2D eigenvalue weighted by atomic mass is 16.2. The van der Waals surface area contributed by atoms with Crippen LogP contribution in [0.4, 0.5) is 10.6 Å². The second kappa shape index (κ2) is 7.92. The van der Waals surface area contributed by atoms with Crippen LogP contribution in [0.3, 0.4) is 0 Å². The van der Waals surface area contributed by atoms with Gasteiger partial charge in [0.1, 0.15) is 0 Å². The number of carbonyl (C=O) groups is 1. The van der Waals surface area contributed by atoms with Gasteiger partial charge in [0.15, 0.2) is 5.82 Å². The quantitative estimate of drug-likeness (QED) is 0.731. The van der Waals surface area contributed by atoms with E-state index in [-0.39, 0.29) is 6.03 Å². The van der Waals surface area contributed by atoms with Gasteiger partial charge in [-0.2, -0.15) is 10.4 Å². The van der Waals surface area contributed by atoms with Crippen molar-refractivity contribution in [3.05, 3.63) is 65.9 Å². The first kappa shape index (κ1) is 17.7. The van der Waals surface area contributed by atoms with Gasteiger partial charge in [-0.3, -0.25) is 15.4 Å². The van der Waals surface area contributed by atoms with Crippen LogP contribution in [0, 0.1) is 11.3 Å². The number of nitrogens with zero attached hydrogens (tertiary/aromatic N) is 4. The smallest absolute Gasteiger partial charge is 0.323 e. The monoisotopic (exact) mass is 372 g/mol. The number of nitrogens with one attached hydrogen (secondary N) is 2. The average molecular weight is 372 g/mol. The topological polar surface area (TPSA) is 97.7 Å². The normalized spacial score (nSPS) is 14.5. The van der Waals surface area contributed by atoms with E-state index in [2.05, 4.69) is 26.6 Å². The summed E-state index contributed by atoms with van der Waals surface area (Å²) >= 11 is 0. The van der Waals surface area contributed by atoms with Gasteiger partial charge in [0.2, 0.25) is 0 Å². The number of carbonyl (C=O) groups excluding carboxylic acids is 1. The molecule has 7 nitrogen and oxygen atoms in total. The van der Waals surface area contributed by atoms with Crippen molar-refractivity contribution in [2.45, 2.75) is 18.8 Å². The predicted molar refractivity (Wildman–Crippen MR) is 106 cm³/mol. The molecule has 0 saturated carbocycles. The van der Waals surface area contributed by atoms with Gasteiger partial charge >= 0.3 is 6.03 Å². The highest BCUT2D eigenvalue weighted by molar-refractivity contribution is 5.89. The first-order chi connectivity index (χ1) is 13.7. The fourth-order valence-corrected chi connectivity index (χ4v) is 3.47. The van der Waals surface area contributed by atoms with Gasteiger partial charge in [0.25, 0.3) is 0 Å². The number of H-pyrrole nitrogens is 1. The largest absolute Gasteiger partial charge is 0.324 e. The molecule has 1 fully saturated rings. The zero-order valence-corrected chi connectivity index (χ0v) is 15.3. The van der Waals surface area contributed by atoms with Crippen LogP contribution < -0.4 is 5.32 Å². The minimum Gasteiger partial charge on any atom is -0.324 e. The zero-order valence-electron chi connectivity index (χ0n) is 15.3. The first-order valence-corrected chi connectivity index (χ1v) is 9.26. The van der Waals surface area contributed by atoms with Gasteiger partial charge in [-0.15, -0.1) is 0 Å². The van der Waals surface area contributed by atoms with Gasteiger partial charge in [-0.25, -0.2) is 4.79 Å². The molecular weight excluding hydrogens is 352 g/mol. The molecule has 28 heavy (non-hydrogen) atoms. The Kier molecular flexibility index (Phi) is 5.02. The molecule has 2 amide bonds. The van der Waals surface area contributed by atoms with E-state index in [1.165, 1.54) is 5.56 Å². The molecule has 1 aliphatic rings. The number of piperidine rings is 1. The molecule has 2 aromatic heterocycles. The summed E-state index contributed by atoms with van der Waals surface area (Å²) in [5.41, 5.74) is 3.44. The SMILES string of the molecule is N#Cc1ccc(C2CCN(C(=O)Nc3cc(-c4ccccn4)[nH]n3)CC2)cc1. The molecule has 0 spiro atoms. The van der Waals surface area contributed by atoms with Crippen molar-refractivity contribution in [3.8, 4) is 17.5 Å². The number of aromatic amines is 1. The fourth-order valence-electron chi connectivity index (χ4n) is 3.47. The van der Waals surface area contributed by atoms with Crippen molar-refractivity contribution in [2.75, 3.05) is 18.4 Å². The summed E-state index contributed by atoms with van der Waals surface area (Å²) in [4.78, 5) is 18.6. The molecule has 0 atom stereocenters. The van der Waals surface area contributed by atoms with Crippen molar-refractivity contribution in [1.29, 1.82) is 5.26 Å². The molecule has 7 heteroatoms. The van der Waals surface area contributed by atoms with Gasteiger partial charge < -0.3 is 4.90 Å². The average Bonchev–Trinajstić information content (AvgIpc) is 3.23. The number of aromatic nitrogens is 3. The molecule has 0 unspecified atom stereocenters. The Balaban J connectivity index is 1.33. The van der Waals surface area contributed by atoms with Crippen LogP contribution >= 0.6 is 0 Å². The minimum absolute atomic E-state index is 0.141. The highest BCUT2D eigenvalue weighted by Gasteiger charge is 2.24. The van der Waals surface area contributed by atoms with Crippen LogP contribution in [-0.2, 0) is 0 Å². The third-order valence-corrected chi connectivity index (χ3v) is 5.05. The molecule has 0 radical (unpaired) electrons. The van der Waals surface area contributed by atoms with E-state index >= 15 is 0 Å². The number of anilines is 1. The minimum atomic E-state index is -0.141. The van der Waals surface area contributed by atoms with Crippen LogP contribution in [0.15, 0.2) is 54.7 Å². The lowest BCUT2D eigenvalue weighted by atomic mass is 9.89. The third kappa shape index (κ3) is 3.86. The van der Waals surface area contributed by atoms with Crippen molar-refractivity contribution < 1.29 is 4.79 Å². The number of nitriles is 1. The van der Waals surface area contributed by atoms with Crippen LogP contribution in [0.1, 0.15) is 29.9 Å². The number of hydrogen-bond acceptors (Lipinski definition) is 4. The summed E-state index contributed by atoms with van der Waals surface area (Å²) in [6, 6.07) is 17.2. The summed E-state index contributed by atoms with van der Waals surface area (Å²) in [6.45, 7) is 1.38. The second-order valence-electron chi connectivity index (χ2n) is 6.81. The molecule has 1 aromatic carbocycles. The van der Waals surface area contributed by atoms with Crippen LogP contribution in [0.25, 0.3) is 11.4 Å². The van der Waals surface area contributed by atoms with E-state index in [9.17, 15) is 4.79 Å². The third-order valence-electron chi connectivity index (χ3n) is 5.05. The highest BCUT2D eigenvalue weighted by Crippen LogP contribution is 2.28. The summed E-state index contributed by atoms with van der Waals surface area (Å²) in [5.74, 6) is 0.901. The number of pyridine rings is 1. The van der Waals surface area contributed by atoms with E-state index in [4.69, 9.17) is 5.26 Å². The van der Waals surface area contributed by atoms with Gasteiger partial charge in [0, 0.05) is 25.4 Å². The van der Waals surface area contributed by atoms with Gasteiger partial charge in [0.05, 0.1) is 23.0 Å². The Bertz CT molecular complexity index is 982. The van der Waals surface area contributed by atoms with Gasteiger partial charge in [-0.1, -0.05) is 18.2 Å². The lowest BCUT2D eigenvalue weighted by Crippen LogP contribution is -2.40. The summed E-state index contributed by atoms with van der Waals surface area (Å²) in [6.07, 6.45) is 3.52. The Morgan fingerprint density at radius 1 is 1.18 bits per heavy atom. The van der Waals surface area contributed by atoms with Crippen LogP contribution in [0.5, 0.6) is 0 Å². The van der Waals surface area contributed by atoms with Crippen LogP contribution in [0.2, 0.25) is 0 Å². The summed E-state index contributed by atoms with van der Waals surface area (Å²) < 4.78 is 0. The van der Waals surface area contributed by atoms with E-state index in [1.807, 2.05) is 47.4 Å². The Morgan fingerprint density at radius 2 is 1.96 bits per heavy atom. The molecule has 3 heterocycles. The van der Waals surface area contributed by atoms with Gasteiger partial charge in [-0.05, 0) is 48.6 Å². The number of rotatable bonds is 3. The lowest BCUT2D eigenvalue weighted by Gasteiger charge is -2.32. The van der Waals surface area contributed by atoms with E-state index in [0.717, 1.165) is 24.2 Å².